The van der Waals surface area contributed by atoms with E-state index < -0.39 is 0 Å². The van der Waals surface area contributed by atoms with Crippen molar-refractivity contribution >= 4 is 37.8 Å². The summed E-state index contributed by atoms with van der Waals surface area (Å²) in [5.74, 6) is 0.404. The zero-order valence-electron chi connectivity index (χ0n) is 9.92. The van der Waals surface area contributed by atoms with Gasteiger partial charge in [0.25, 0.3) is 5.91 Å². The zero-order valence-corrected chi connectivity index (χ0v) is 13.1. The van der Waals surface area contributed by atoms with Gasteiger partial charge in [0.1, 0.15) is 0 Å². The predicted molar refractivity (Wildman–Crippen MR) is 77.7 cm³/mol. The van der Waals surface area contributed by atoms with Gasteiger partial charge in [0, 0.05) is 27.7 Å². The van der Waals surface area contributed by atoms with E-state index >= 15 is 0 Å². The first-order valence-electron chi connectivity index (χ1n) is 5.97. The number of amides is 1. The maximum atomic E-state index is 12.0. The second kappa shape index (κ2) is 6.68. The minimum absolute atomic E-state index is 0.0393. The first-order valence-corrected chi connectivity index (χ1v) is 7.56. The molecule has 0 spiro atoms. The molecule has 1 aliphatic heterocycles. The molecule has 1 fully saturated rings. The Balaban J connectivity index is 1.90. The second-order valence-electron chi connectivity index (χ2n) is 4.45. The van der Waals surface area contributed by atoms with Crippen LogP contribution in [0.5, 0.6) is 0 Å². The Morgan fingerprint density at radius 2 is 2.06 bits per heavy atom. The van der Waals surface area contributed by atoms with Gasteiger partial charge >= 0.3 is 0 Å². The average Bonchev–Trinajstić information content (AvgIpc) is 2.36. The van der Waals surface area contributed by atoms with Gasteiger partial charge in [-0.05, 0) is 37.0 Å². The van der Waals surface area contributed by atoms with E-state index in [2.05, 4.69) is 37.2 Å². The highest BCUT2D eigenvalue weighted by atomic mass is 79.9. The van der Waals surface area contributed by atoms with Crippen molar-refractivity contribution in [3.63, 3.8) is 0 Å². The van der Waals surface area contributed by atoms with Gasteiger partial charge < -0.3 is 10.1 Å². The fourth-order valence-electron chi connectivity index (χ4n) is 1.99. The Morgan fingerprint density at radius 1 is 1.33 bits per heavy atom. The molecule has 5 heteroatoms. The number of rotatable bonds is 3. The normalized spacial score (nSPS) is 19.6. The summed E-state index contributed by atoms with van der Waals surface area (Å²) in [4.78, 5) is 12.0. The Morgan fingerprint density at radius 3 is 2.67 bits per heavy atom. The first kappa shape index (κ1) is 14.0. The van der Waals surface area contributed by atoms with Gasteiger partial charge in [-0.3, -0.25) is 4.79 Å². The van der Waals surface area contributed by atoms with Crippen molar-refractivity contribution in [2.24, 2.45) is 5.92 Å². The molecule has 1 aromatic rings. The molecular weight excluding hydrogens is 362 g/mol. The van der Waals surface area contributed by atoms with E-state index in [4.69, 9.17) is 4.74 Å². The SMILES string of the molecule is O=C(NCC1CCCOC1)c1cc(Br)cc(Br)c1. The van der Waals surface area contributed by atoms with Gasteiger partial charge in [-0.2, -0.15) is 0 Å². The number of ether oxygens (including phenoxy) is 1. The lowest BCUT2D eigenvalue weighted by molar-refractivity contribution is 0.0536. The molecule has 1 atom stereocenters. The lowest BCUT2D eigenvalue weighted by atomic mass is 10.0. The lowest BCUT2D eigenvalue weighted by Crippen LogP contribution is -2.33. The maximum absolute atomic E-state index is 12.0. The molecule has 0 radical (unpaired) electrons. The molecule has 0 bridgehead atoms. The van der Waals surface area contributed by atoms with Crippen LogP contribution < -0.4 is 5.32 Å². The summed E-state index contributed by atoms with van der Waals surface area (Å²) < 4.78 is 7.18. The molecule has 3 nitrogen and oxygen atoms in total. The van der Waals surface area contributed by atoms with Gasteiger partial charge in [0.2, 0.25) is 0 Å². The predicted octanol–water partition coefficient (Wildman–Crippen LogP) is 3.37. The summed E-state index contributed by atoms with van der Waals surface area (Å²) in [6, 6.07) is 5.54. The first-order chi connectivity index (χ1) is 8.65. The van der Waals surface area contributed by atoms with Crippen LogP contribution in [0.1, 0.15) is 23.2 Å². The summed E-state index contributed by atoms with van der Waals surface area (Å²) in [6.07, 6.45) is 2.21. The van der Waals surface area contributed by atoms with Crippen molar-refractivity contribution in [1.82, 2.24) is 5.32 Å². The van der Waals surface area contributed by atoms with Gasteiger partial charge in [-0.25, -0.2) is 0 Å². The van der Waals surface area contributed by atoms with E-state index in [1.165, 1.54) is 0 Å². The highest BCUT2D eigenvalue weighted by Crippen LogP contribution is 2.20. The molecule has 1 unspecified atom stereocenters. The van der Waals surface area contributed by atoms with Crippen molar-refractivity contribution in [2.75, 3.05) is 19.8 Å². The molecule has 1 saturated heterocycles. The summed E-state index contributed by atoms with van der Waals surface area (Å²) in [7, 11) is 0. The second-order valence-corrected chi connectivity index (χ2v) is 6.28. The Hall–Kier alpha value is -0.390. The molecule has 98 valence electrons. The number of nitrogens with one attached hydrogen (secondary N) is 1. The third-order valence-corrected chi connectivity index (χ3v) is 3.85. The fourth-order valence-corrected chi connectivity index (χ4v) is 3.29. The van der Waals surface area contributed by atoms with Crippen LogP contribution in [0.2, 0.25) is 0 Å². The van der Waals surface area contributed by atoms with Gasteiger partial charge in [0.05, 0.1) is 6.61 Å². The molecule has 1 aliphatic rings. The molecule has 2 rings (SSSR count). The quantitative estimate of drug-likeness (QED) is 0.878. The molecule has 0 saturated carbocycles. The molecule has 1 N–H and O–H groups in total. The fraction of sp³-hybridized carbons (Fsp3) is 0.462. The molecule has 1 heterocycles. The molecule has 0 aromatic heterocycles. The summed E-state index contributed by atoms with van der Waals surface area (Å²) in [5, 5.41) is 2.96. The summed E-state index contributed by atoms with van der Waals surface area (Å²) >= 11 is 6.76. The molecule has 1 aromatic carbocycles. The Bertz CT molecular complexity index is 411. The maximum Gasteiger partial charge on any atom is 0.251 e. The highest BCUT2D eigenvalue weighted by molar-refractivity contribution is 9.11. The third kappa shape index (κ3) is 4.07. The van der Waals surface area contributed by atoms with Crippen LogP contribution in [0.3, 0.4) is 0 Å². The number of halogens is 2. The van der Waals surface area contributed by atoms with Crippen molar-refractivity contribution in [2.45, 2.75) is 12.8 Å². The van der Waals surface area contributed by atoms with Crippen LogP contribution in [0.4, 0.5) is 0 Å². The van der Waals surface area contributed by atoms with Crippen LogP contribution in [-0.4, -0.2) is 25.7 Å². The van der Waals surface area contributed by atoms with Crippen LogP contribution >= 0.6 is 31.9 Å². The third-order valence-electron chi connectivity index (χ3n) is 2.93. The Labute approximate surface area is 124 Å². The van der Waals surface area contributed by atoms with E-state index in [9.17, 15) is 4.79 Å². The lowest BCUT2D eigenvalue weighted by Gasteiger charge is -2.22. The van der Waals surface area contributed by atoms with E-state index in [0.717, 1.165) is 35.0 Å². The average molecular weight is 377 g/mol. The minimum Gasteiger partial charge on any atom is -0.381 e. The monoisotopic (exact) mass is 375 g/mol. The van der Waals surface area contributed by atoms with Crippen LogP contribution in [0, 0.1) is 5.92 Å². The minimum atomic E-state index is -0.0393. The van der Waals surface area contributed by atoms with Crippen molar-refractivity contribution in [3.8, 4) is 0 Å². The summed E-state index contributed by atoms with van der Waals surface area (Å²) in [6.45, 7) is 2.29. The van der Waals surface area contributed by atoms with E-state index in [-0.39, 0.29) is 5.91 Å². The topological polar surface area (TPSA) is 38.3 Å². The molecular formula is C13H15Br2NO2. The smallest absolute Gasteiger partial charge is 0.251 e. The standard InChI is InChI=1S/C13H15Br2NO2/c14-11-4-10(5-12(15)6-11)13(17)16-7-9-2-1-3-18-8-9/h4-6,9H,1-3,7-8H2,(H,16,17). The van der Waals surface area contributed by atoms with Crippen molar-refractivity contribution in [3.05, 3.63) is 32.7 Å². The number of hydrogen-bond donors (Lipinski definition) is 1. The zero-order chi connectivity index (χ0) is 13.0. The van der Waals surface area contributed by atoms with Gasteiger partial charge in [0.15, 0.2) is 0 Å². The van der Waals surface area contributed by atoms with E-state index in [1.54, 1.807) is 0 Å². The van der Waals surface area contributed by atoms with Gasteiger partial charge in [-0.1, -0.05) is 31.9 Å². The van der Waals surface area contributed by atoms with Crippen LogP contribution in [0.25, 0.3) is 0 Å². The Kier molecular flexibility index (Phi) is 5.21. The number of hydrogen-bond acceptors (Lipinski definition) is 2. The van der Waals surface area contributed by atoms with Gasteiger partial charge in [-0.15, -0.1) is 0 Å². The molecule has 0 aliphatic carbocycles. The van der Waals surface area contributed by atoms with E-state index in [1.807, 2.05) is 18.2 Å². The number of carbonyl (C=O) groups is 1. The number of benzene rings is 1. The summed E-state index contributed by atoms with van der Waals surface area (Å²) in [5.41, 5.74) is 0.660. The van der Waals surface area contributed by atoms with Crippen LogP contribution in [-0.2, 0) is 4.74 Å². The largest absolute Gasteiger partial charge is 0.381 e. The van der Waals surface area contributed by atoms with Crippen molar-refractivity contribution < 1.29 is 9.53 Å². The number of carbonyl (C=O) groups excluding carboxylic acids is 1. The van der Waals surface area contributed by atoms with E-state index in [0.29, 0.717) is 18.0 Å². The van der Waals surface area contributed by atoms with Crippen molar-refractivity contribution in [1.29, 1.82) is 0 Å². The highest BCUT2D eigenvalue weighted by Gasteiger charge is 2.15. The molecule has 1 amide bonds. The molecule has 18 heavy (non-hydrogen) atoms. The van der Waals surface area contributed by atoms with Crippen LogP contribution in [0.15, 0.2) is 27.1 Å².